The number of ether oxygens (including phenoxy) is 1. The summed E-state index contributed by atoms with van der Waals surface area (Å²) in [6.45, 7) is 6.55. The molecule has 0 aromatic rings. The number of esters is 1. The molecule has 0 saturated heterocycles. The first-order valence-corrected chi connectivity index (χ1v) is 12.6. The number of ketones is 2. The number of allylic oxidation sites excluding steroid dienone is 4. The van der Waals surface area contributed by atoms with Crippen LogP contribution in [0.15, 0.2) is 23.8 Å². The smallest absolute Gasteiger partial charge is 0.306 e. The number of alkyl halides is 1. The van der Waals surface area contributed by atoms with Crippen LogP contribution in [0, 0.1) is 28.6 Å². The highest BCUT2D eigenvalue weighted by Crippen LogP contribution is 2.71. The van der Waals surface area contributed by atoms with Gasteiger partial charge in [0.1, 0.15) is 6.61 Å². The maximum Gasteiger partial charge on any atom is 0.306 e. The van der Waals surface area contributed by atoms with E-state index in [-0.39, 0.29) is 24.5 Å². The fraction of sp³-hybridized carbons (Fsp3) is 0.741. The first-order chi connectivity index (χ1) is 15.9. The van der Waals surface area contributed by atoms with Crippen molar-refractivity contribution in [2.75, 3.05) is 6.61 Å². The number of carbonyl (C=O) groups is 3. The van der Waals surface area contributed by atoms with Crippen LogP contribution >= 0.6 is 0 Å². The molecular formula is C27H37FO6. The van der Waals surface area contributed by atoms with E-state index in [1.54, 1.807) is 13.0 Å². The highest BCUT2D eigenvalue weighted by molar-refractivity contribution is 6.01. The Bertz CT molecular complexity index is 957. The average molecular weight is 477 g/mol. The predicted octanol–water partition coefficient (Wildman–Crippen LogP) is 3.64. The van der Waals surface area contributed by atoms with E-state index in [0.29, 0.717) is 31.3 Å². The minimum Gasteiger partial charge on any atom is -0.450 e. The number of aliphatic hydroxyl groups is 2. The van der Waals surface area contributed by atoms with Crippen LogP contribution in [0.4, 0.5) is 4.39 Å². The van der Waals surface area contributed by atoms with Gasteiger partial charge in [-0.05, 0) is 57.1 Å². The lowest BCUT2D eigenvalue weighted by Crippen LogP contribution is -2.70. The van der Waals surface area contributed by atoms with Gasteiger partial charge < -0.3 is 14.9 Å². The molecule has 34 heavy (non-hydrogen) atoms. The van der Waals surface area contributed by atoms with Crippen molar-refractivity contribution in [3.05, 3.63) is 23.8 Å². The molecule has 0 spiro atoms. The van der Waals surface area contributed by atoms with Crippen molar-refractivity contribution in [2.24, 2.45) is 28.6 Å². The summed E-state index contributed by atoms with van der Waals surface area (Å²) in [5.74, 6) is -2.62. The molecule has 4 rings (SSSR count). The van der Waals surface area contributed by atoms with Crippen LogP contribution in [0.3, 0.4) is 0 Å². The zero-order valence-corrected chi connectivity index (χ0v) is 20.6. The van der Waals surface area contributed by atoms with E-state index < -0.39 is 58.4 Å². The van der Waals surface area contributed by atoms with Gasteiger partial charge in [0.2, 0.25) is 5.78 Å². The Balaban J connectivity index is 1.80. The van der Waals surface area contributed by atoms with Crippen LogP contribution in [-0.2, 0) is 19.1 Å². The van der Waals surface area contributed by atoms with Gasteiger partial charge in [0.05, 0.1) is 6.10 Å². The number of carbonyl (C=O) groups excluding carboxylic acids is 3. The number of hydrogen-bond acceptors (Lipinski definition) is 6. The summed E-state index contributed by atoms with van der Waals surface area (Å²) in [6.07, 6.45) is 5.92. The summed E-state index contributed by atoms with van der Waals surface area (Å²) < 4.78 is 23.3. The molecule has 0 aliphatic heterocycles. The number of aliphatic hydroxyl groups excluding tert-OH is 2. The molecule has 0 bridgehead atoms. The van der Waals surface area contributed by atoms with Crippen LogP contribution in [0.25, 0.3) is 0 Å². The Labute approximate surface area is 200 Å². The van der Waals surface area contributed by atoms with E-state index in [2.05, 4.69) is 0 Å². The summed E-state index contributed by atoms with van der Waals surface area (Å²) in [7, 11) is 0. The number of halogens is 1. The third kappa shape index (κ3) is 3.08. The summed E-state index contributed by atoms with van der Waals surface area (Å²) in [5, 5.41) is 21.4. The van der Waals surface area contributed by atoms with E-state index in [0.717, 1.165) is 6.42 Å². The molecule has 188 valence electrons. The van der Waals surface area contributed by atoms with E-state index in [4.69, 9.17) is 4.74 Å². The molecule has 4 aliphatic carbocycles. The third-order valence-electron chi connectivity index (χ3n) is 9.75. The third-order valence-corrected chi connectivity index (χ3v) is 9.75. The highest BCUT2D eigenvalue weighted by Gasteiger charge is 2.77. The molecule has 3 fully saturated rings. The molecule has 7 heteroatoms. The van der Waals surface area contributed by atoms with Gasteiger partial charge in [-0.3, -0.25) is 14.4 Å². The molecule has 0 aromatic carbocycles. The molecule has 0 unspecified atom stereocenters. The second-order valence-corrected chi connectivity index (χ2v) is 11.3. The van der Waals surface area contributed by atoms with Gasteiger partial charge in [0.25, 0.3) is 0 Å². The molecule has 6 nitrogen and oxygen atoms in total. The molecule has 0 radical (unpaired) electrons. The number of unbranched alkanes of at least 4 members (excludes halogenated alkanes) is 1. The van der Waals surface area contributed by atoms with Gasteiger partial charge in [-0.1, -0.05) is 38.8 Å². The Morgan fingerprint density at radius 3 is 2.62 bits per heavy atom. The number of Topliss-reactive ketones (excluding diaryl/α,β-unsaturated/α-hetero) is 1. The molecule has 0 amide bonds. The van der Waals surface area contributed by atoms with Crippen molar-refractivity contribution in [1.29, 1.82) is 0 Å². The predicted molar refractivity (Wildman–Crippen MR) is 123 cm³/mol. The fourth-order valence-corrected chi connectivity index (χ4v) is 8.07. The van der Waals surface area contributed by atoms with Crippen LogP contribution in [-0.4, -0.2) is 51.7 Å². The van der Waals surface area contributed by atoms with Crippen LogP contribution in [0.5, 0.6) is 0 Å². The van der Waals surface area contributed by atoms with Crippen LogP contribution < -0.4 is 0 Å². The van der Waals surface area contributed by atoms with Gasteiger partial charge in [-0.15, -0.1) is 0 Å². The second-order valence-electron chi connectivity index (χ2n) is 11.3. The highest BCUT2D eigenvalue weighted by atomic mass is 19.1. The maximum atomic E-state index is 17.3. The quantitative estimate of drug-likeness (QED) is 0.568. The molecule has 0 heterocycles. The Hall–Kier alpha value is -1.86. The maximum absolute atomic E-state index is 17.3. The normalized spacial score (nSPS) is 45.1. The van der Waals surface area contributed by atoms with Crippen LogP contribution in [0.1, 0.15) is 72.6 Å². The largest absolute Gasteiger partial charge is 0.450 e. The molecule has 3 saturated carbocycles. The van der Waals surface area contributed by atoms with E-state index in [1.807, 2.05) is 20.8 Å². The number of hydrogen-bond donors (Lipinski definition) is 2. The van der Waals surface area contributed by atoms with Crippen LogP contribution in [0.2, 0.25) is 0 Å². The van der Waals surface area contributed by atoms with Gasteiger partial charge in [-0.2, -0.15) is 0 Å². The Morgan fingerprint density at radius 2 is 1.97 bits per heavy atom. The topological polar surface area (TPSA) is 101 Å². The second kappa shape index (κ2) is 8.37. The lowest BCUT2D eigenvalue weighted by Gasteiger charge is -2.62. The number of rotatable bonds is 6. The molecule has 8 atom stereocenters. The summed E-state index contributed by atoms with van der Waals surface area (Å²) in [4.78, 5) is 38.1. The SMILES string of the molecule is CCCCC(=O)O[C@@]1(C(=O)CO)[C@H](C)C[C@@H]2[C@H]3CCC4=CC(=O)C=C[C@@]4(C)[C@]3(F)[C@H](O)C[C@]21C. The van der Waals surface area contributed by atoms with Crippen molar-refractivity contribution >= 4 is 17.5 Å². The number of fused-ring (bicyclic) bond motifs is 5. The Morgan fingerprint density at radius 1 is 1.26 bits per heavy atom. The van der Waals surface area contributed by atoms with Crippen molar-refractivity contribution in [1.82, 2.24) is 0 Å². The van der Waals surface area contributed by atoms with Crippen molar-refractivity contribution in [3.63, 3.8) is 0 Å². The van der Waals surface area contributed by atoms with Gasteiger partial charge in [-0.25, -0.2) is 4.39 Å². The molecule has 0 aromatic heterocycles. The summed E-state index contributed by atoms with van der Waals surface area (Å²) in [5.41, 5.74) is -5.11. The van der Waals surface area contributed by atoms with E-state index in [9.17, 15) is 24.6 Å². The molecular weight excluding hydrogens is 439 g/mol. The van der Waals surface area contributed by atoms with Gasteiger partial charge in [0.15, 0.2) is 17.1 Å². The average Bonchev–Trinajstić information content (AvgIpc) is 3.00. The minimum atomic E-state index is -2.03. The van der Waals surface area contributed by atoms with Crippen molar-refractivity contribution in [2.45, 2.75) is 90.0 Å². The lowest BCUT2D eigenvalue weighted by atomic mass is 9.44. The zero-order valence-electron chi connectivity index (χ0n) is 20.6. The standard InChI is InChI=1S/C27H37FO6/c1-5-6-7-23(33)34-27(22(32)15-29)16(2)12-20-19-9-8-17-13-18(30)10-11-24(17,3)26(19,28)21(31)14-25(20,27)4/h10-11,13,16,19-21,29,31H,5-9,12,14-15H2,1-4H3/t16-,19-,20-,21-,24-,25-,26-,27-/m1/s1. The van der Waals surface area contributed by atoms with Gasteiger partial charge >= 0.3 is 5.97 Å². The molecule has 2 N–H and O–H groups in total. The zero-order chi connectivity index (χ0) is 25.1. The lowest BCUT2D eigenvalue weighted by molar-refractivity contribution is -0.228. The van der Waals surface area contributed by atoms with Crippen molar-refractivity contribution in [3.8, 4) is 0 Å². The van der Waals surface area contributed by atoms with Gasteiger partial charge in [0, 0.05) is 29.1 Å². The first-order valence-electron chi connectivity index (χ1n) is 12.6. The summed E-state index contributed by atoms with van der Waals surface area (Å²) >= 11 is 0. The van der Waals surface area contributed by atoms with E-state index in [1.165, 1.54) is 12.2 Å². The summed E-state index contributed by atoms with van der Waals surface area (Å²) in [6, 6.07) is 0. The van der Waals surface area contributed by atoms with Crippen molar-refractivity contribution < 1.29 is 33.7 Å². The fourth-order valence-electron chi connectivity index (χ4n) is 8.07. The monoisotopic (exact) mass is 476 g/mol. The first kappa shape index (κ1) is 25.2. The Kier molecular flexibility index (Phi) is 6.21. The minimum absolute atomic E-state index is 0.0769. The molecule has 4 aliphatic rings. The van der Waals surface area contributed by atoms with E-state index >= 15 is 4.39 Å².